The zero-order chi connectivity index (χ0) is 21.5. The Hall–Kier alpha value is -3.33. The third-order valence-electron chi connectivity index (χ3n) is 6.51. The number of rotatable bonds is 1. The molecule has 0 saturated carbocycles. The maximum Gasteiger partial charge on any atom is 0.228 e. The second kappa shape index (κ2) is 6.10. The van der Waals surface area contributed by atoms with Crippen LogP contribution in [0.25, 0.3) is 43.8 Å². The number of ether oxygens (including phenoxy) is 1. The van der Waals surface area contributed by atoms with Crippen LogP contribution in [0.15, 0.2) is 59.3 Å². The van der Waals surface area contributed by atoms with Gasteiger partial charge in [-0.15, -0.1) is 0 Å². The Bertz CT molecular complexity index is 1530. The number of nitrogens with zero attached hydrogens (tertiary/aromatic N) is 1. The van der Waals surface area contributed by atoms with E-state index in [-0.39, 0.29) is 5.41 Å². The summed E-state index contributed by atoms with van der Waals surface area (Å²) in [5, 5.41) is 6.04. The Labute approximate surface area is 181 Å². The highest BCUT2D eigenvalue weighted by molar-refractivity contribution is 6.15. The SMILES string of the molecule is Cc1c2c(c(CC(C)(C)C)c3ccccc13)Oc1cc3occc3c3cc[n+](C)c-2c13. The molecule has 0 bridgehead atoms. The minimum Gasteiger partial charge on any atom is -0.464 e. The summed E-state index contributed by atoms with van der Waals surface area (Å²) in [6.07, 6.45) is 4.85. The van der Waals surface area contributed by atoms with Gasteiger partial charge in [0.2, 0.25) is 5.69 Å². The molecule has 3 aromatic carbocycles. The van der Waals surface area contributed by atoms with Crippen molar-refractivity contribution in [3.05, 3.63) is 66.1 Å². The third-order valence-corrected chi connectivity index (χ3v) is 6.51. The van der Waals surface area contributed by atoms with Crippen LogP contribution >= 0.6 is 0 Å². The lowest BCUT2D eigenvalue weighted by atomic mass is 9.81. The van der Waals surface area contributed by atoms with Gasteiger partial charge in [0.25, 0.3) is 0 Å². The minimum atomic E-state index is 0.134. The van der Waals surface area contributed by atoms with Crippen molar-refractivity contribution in [3.63, 3.8) is 0 Å². The van der Waals surface area contributed by atoms with E-state index in [1.54, 1.807) is 6.26 Å². The van der Waals surface area contributed by atoms with Gasteiger partial charge in [-0.1, -0.05) is 45.0 Å². The van der Waals surface area contributed by atoms with E-state index < -0.39 is 0 Å². The Morgan fingerprint density at radius 2 is 1.71 bits per heavy atom. The van der Waals surface area contributed by atoms with Crippen molar-refractivity contribution in [3.8, 4) is 22.8 Å². The van der Waals surface area contributed by atoms with Crippen LogP contribution in [0.2, 0.25) is 0 Å². The maximum atomic E-state index is 6.77. The van der Waals surface area contributed by atoms with Gasteiger partial charge in [0, 0.05) is 28.5 Å². The second-order valence-corrected chi connectivity index (χ2v) is 9.96. The van der Waals surface area contributed by atoms with Gasteiger partial charge in [0.05, 0.1) is 17.2 Å². The standard InChI is InChI=1S/C28H26NO2/c1-16-17-8-6-7-9-18(17)21(15-28(2,3)4)27-24(16)26-25-20(10-12-29(26)5)19-11-13-30-22(19)14-23(25)31-27/h6-14H,15H2,1-5H3/q+1. The molecule has 3 heterocycles. The average molecular weight is 409 g/mol. The zero-order valence-electron chi connectivity index (χ0n) is 18.7. The number of furan rings is 1. The first kappa shape index (κ1) is 18.4. The molecule has 31 heavy (non-hydrogen) atoms. The van der Waals surface area contributed by atoms with Crippen molar-refractivity contribution < 1.29 is 13.7 Å². The van der Waals surface area contributed by atoms with Crippen LogP contribution in [-0.4, -0.2) is 0 Å². The summed E-state index contributed by atoms with van der Waals surface area (Å²) in [7, 11) is 2.13. The average Bonchev–Trinajstić information content (AvgIpc) is 3.20. The fourth-order valence-corrected chi connectivity index (χ4v) is 5.22. The molecule has 154 valence electrons. The first-order valence-corrected chi connectivity index (χ1v) is 10.9. The number of aryl methyl sites for hydroxylation is 2. The fourth-order valence-electron chi connectivity index (χ4n) is 5.22. The van der Waals surface area contributed by atoms with E-state index >= 15 is 0 Å². The molecule has 5 aromatic rings. The van der Waals surface area contributed by atoms with E-state index in [0.29, 0.717) is 0 Å². The van der Waals surface area contributed by atoms with Crippen LogP contribution in [0, 0.1) is 12.3 Å². The van der Waals surface area contributed by atoms with E-state index in [9.17, 15) is 0 Å². The predicted octanol–water partition coefficient (Wildman–Crippen LogP) is 7.23. The van der Waals surface area contributed by atoms with Gasteiger partial charge in [0.1, 0.15) is 24.1 Å². The number of fused-ring (bicyclic) bond motifs is 5. The molecule has 0 fully saturated rings. The van der Waals surface area contributed by atoms with Crippen molar-refractivity contribution in [2.45, 2.75) is 34.1 Å². The summed E-state index contributed by atoms with van der Waals surface area (Å²) in [5.41, 5.74) is 5.97. The predicted molar refractivity (Wildman–Crippen MR) is 126 cm³/mol. The van der Waals surface area contributed by atoms with E-state index in [0.717, 1.165) is 34.3 Å². The Morgan fingerprint density at radius 1 is 0.935 bits per heavy atom. The van der Waals surface area contributed by atoms with Gasteiger partial charge in [-0.05, 0) is 41.2 Å². The van der Waals surface area contributed by atoms with E-state index in [2.05, 4.69) is 81.9 Å². The number of hydrogen-bond donors (Lipinski definition) is 0. The first-order valence-electron chi connectivity index (χ1n) is 10.9. The molecule has 0 radical (unpaired) electrons. The van der Waals surface area contributed by atoms with Crippen molar-refractivity contribution in [2.24, 2.45) is 12.5 Å². The maximum absolute atomic E-state index is 6.77. The smallest absolute Gasteiger partial charge is 0.228 e. The minimum absolute atomic E-state index is 0.134. The van der Waals surface area contributed by atoms with Crippen LogP contribution < -0.4 is 9.30 Å². The highest BCUT2D eigenvalue weighted by Gasteiger charge is 2.34. The molecule has 0 amide bonds. The van der Waals surface area contributed by atoms with E-state index in [1.807, 2.05) is 6.07 Å². The molecule has 3 nitrogen and oxygen atoms in total. The topological polar surface area (TPSA) is 26.2 Å². The van der Waals surface area contributed by atoms with Crippen LogP contribution in [-0.2, 0) is 13.5 Å². The molecule has 0 aliphatic carbocycles. The van der Waals surface area contributed by atoms with Crippen molar-refractivity contribution in [2.75, 3.05) is 0 Å². The molecule has 3 heteroatoms. The highest BCUT2D eigenvalue weighted by atomic mass is 16.5. The zero-order valence-corrected chi connectivity index (χ0v) is 18.7. The normalized spacial score (nSPS) is 13.1. The Kier molecular flexibility index (Phi) is 3.63. The molecule has 0 atom stereocenters. The Morgan fingerprint density at radius 3 is 2.48 bits per heavy atom. The molecule has 6 rings (SSSR count). The molecule has 1 aliphatic heterocycles. The highest BCUT2D eigenvalue weighted by Crippen LogP contribution is 2.52. The molecule has 0 N–H and O–H groups in total. The van der Waals surface area contributed by atoms with Crippen LogP contribution in [0.4, 0.5) is 0 Å². The molecular weight excluding hydrogens is 382 g/mol. The van der Waals surface area contributed by atoms with Gasteiger partial charge >= 0.3 is 0 Å². The van der Waals surface area contributed by atoms with Gasteiger partial charge in [-0.3, -0.25) is 0 Å². The molecule has 0 spiro atoms. The monoisotopic (exact) mass is 408 g/mol. The lowest BCUT2D eigenvalue weighted by molar-refractivity contribution is -0.659. The van der Waals surface area contributed by atoms with E-state index in [4.69, 9.17) is 9.15 Å². The van der Waals surface area contributed by atoms with Gasteiger partial charge in [-0.25, -0.2) is 4.57 Å². The van der Waals surface area contributed by atoms with Crippen molar-refractivity contribution >= 4 is 32.5 Å². The van der Waals surface area contributed by atoms with Crippen molar-refractivity contribution in [1.82, 2.24) is 0 Å². The van der Waals surface area contributed by atoms with Crippen LogP contribution in [0.1, 0.15) is 31.9 Å². The van der Waals surface area contributed by atoms with Gasteiger partial charge in [-0.2, -0.15) is 0 Å². The summed E-state index contributed by atoms with van der Waals surface area (Å²) < 4.78 is 14.8. The number of pyridine rings is 1. The molecule has 2 aromatic heterocycles. The number of benzene rings is 3. The lowest BCUT2D eigenvalue weighted by Gasteiger charge is -2.28. The van der Waals surface area contributed by atoms with Gasteiger partial charge < -0.3 is 9.15 Å². The second-order valence-electron chi connectivity index (χ2n) is 9.96. The molecule has 0 saturated heterocycles. The summed E-state index contributed by atoms with van der Waals surface area (Å²) >= 11 is 0. The Balaban J connectivity index is 1.83. The van der Waals surface area contributed by atoms with E-state index in [1.165, 1.54) is 38.5 Å². The van der Waals surface area contributed by atoms with Crippen LogP contribution in [0.5, 0.6) is 11.5 Å². The number of hydrogen-bond acceptors (Lipinski definition) is 2. The third kappa shape index (κ3) is 2.56. The van der Waals surface area contributed by atoms with Crippen molar-refractivity contribution in [1.29, 1.82) is 0 Å². The number of aromatic nitrogens is 1. The quantitative estimate of drug-likeness (QED) is 0.268. The lowest BCUT2D eigenvalue weighted by Crippen LogP contribution is -2.32. The van der Waals surface area contributed by atoms with Gasteiger partial charge in [0.15, 0.2) is 6.20 Å². The summed E-state index contributed by atoms with van der Waals surface area (Å²) in [6, 6.07) is 15.0. The molecule has 1 aliphatic rings. The summed E-state index contributed by atoms with van der Waals surface area (Å²) in [6.45, 7) is 9.10. The largest absolute Gasteiger partial charge is 0.464 e. The molecular formula is C28H26NO2+. The fraction of sp³-hybridized carbons (Fsp3) is 0.250. The van der Waals surface area contributed by atoms with Crippen LogP contribution in [0.3, 0.4) is 0 Å². The first-order chi connectivity index (χ1) is 14.8. The summed E-state index contributed by atoms with van der Waals surface area (Å²) in [5.74, 6) is 1.87. The summed E-state index contributed by atoms with van der Waals surface area (Å²) in [4.78, 5) is 0. The molecule has 0 unspecified atom stereocenters.